The second-order valence-electron chi connectivity index (χ2n) is 8.27. The van der Waals surface area contributed by atoms with Crippen LogP contribution in [-0.2, 0) is 4.79 Å². The number of carboxylic acids is 1. The van der Waals surface area contributed by atoms with Crippen molar-refractivity contribution in [2.75, 3.05) is 7.11 Å². The number of carboxylic acid groups (broad SMARTS) is 1. The number of methoxy groups -OCH3 is 1. The summed E-state index contributed by atoms with van der Waals surface area (Å²) in [6, 6.07) is 5.24. The van der Waals surface area contributed by atoms with Crippen LogP contribution in [0.5, 0.6) is 11.5 Å². The second-order valence-corrected chi connectivity index (χ2v) is 8.27. The topological polar surface area (TPSA) is 66.8 Å². The summed E-state index contributed by atoms with van der Waals surface area (Å²) in [6.45, 7) is 4.22. The molecule has 0 aliphatic carbocycles. The Morgan fingerprint density at radius 2 is 1.23 bits per heavy atom. The molecule has 1 aromatic carbocycles. The van der Waals surface area contributed by atoms with Gasteiger partial charge in [0.25, 0.3) is 0 Å². The molecule has 1 aromatic rings. The van der Waals surface area contributed by atoms with Crippen molar-refractivity contribution in [1.29, 1.82) is 0 Å². The molecule has 2 N–H and O–H groups in total. The van der Waals surface area contributed by atoms with E-state index in [0.717, 1.165) is 18.4 Å². The van der Waals surface area contributed by atoms with E-state index in [-0.39, 0.29) is 43.5 Å². The summed E-state index contributed by atoms with van der Waals surface area (Å²) >= 11 is 0. The summed E-state index contributed by atoms with van der Waals surface area (Å²) in [7, 11) is 1.54. The van der Waals surface area contributed by atoms with E-state index in [9.17, 15) is 4.79 Å². The van der Waals surface area contributed by atoms with E-state index < -0.39 is 5.97 Å². The summed E-state index contributed by atoms with van der Waals surface area (Å²) in [4.78, 5) is 10.3. The molecule has 0 saturated heterocycles. The molecule has 0 saturated carbocycles. The van der Waals surface area contributed by atoms with Crippen molar-refractivity contribution in [3.05, 3.63) is 23.8 Å². The SMILES string of the molecule is CCCCCCCCCCCCCCCCCC(=O)O.COc1cc(C)ccc1O.[CaH2]. The van der Waals surface area contributed by atoms with Crippen LogP contribution < -0.4 is 4.74 Å². The Morgan fingerprint density at radius 1 is 0.806 bits per heavy atom. The van der Waals surface area contributed by atoms with Crippen LogP contribution in [0.1, 0.15) is 115 Å². The number of carbonyl (C=O) groups is 1. The van der Waals surface area contributed by atoms with Crippen molar-refractivity contribution in [3.63, 3.8) is 0 Å². The first-order valence-corrected chi connectivity index (χ1v) is 12.1. The third kappa shape index (κ3) is 22.5. The summed E-state index contributed by atoms with van der Waals surface area (Å²) in [6.07, 6.45) is 20.2. The fourth-order valence-corrected chi connectivity index (χ4v) is 3.43. The number of rotatable bonds is 17. The molecular weight excluding hydrogens is 416 g/mol. The number of unbranched alkanes of at least 4 members (excludes halogenated alkanes) is 14. The summed E-state index contributed by atoms with van der Waals surface area (Å²) in [5.74, 6) is 0.0628. The third-order valence-corrected chi connectivity index (χ3v) is 5.33. The number of hydrogen-bond donors (Lipinski definition) is 2. The van der Waals surface area contributed by atoms with Gasteiger partial charge in [-0.05, 0) is 31.0 Å². The van der Waals surface area contributed by atoms with Gasteiger partial charge < -0.3 is 14.9 Å². The van der Waals surface area contributed by atoms with Gasteiger partial charge in [0.15, 0.2) is 11.5 Å². The fraction of sp³-hybridized carbons (Fsp3) is 0.731. The van der Waals surface area contributed by atoms with E-state index in [1.54, 1.807) is 12.1 Å². The first-order chi connectivity index (χ1) is 14.5. The molecule has 0 radical (unpaired) electrons. The first kappa shape index (κ1) is 32.7. The zero-order chi connectivity index (χ0) is 22.5. The van der Waals surface area contributed by atoms with Crippen LogP contribution in [0.2, 0.25) is 0 Å². The van der Waals surface area contributed by atoms with Gasteiger partial charge in [0.05, 0.1) is 7.11 Å². The molecule has 0 amide bonds. The molecule has 4 nitrogen and oxygen atoms in total. The molecule has 0 unspecified atom stereocenters. The molecule has 5 heteroatoms. The van der Waals surface area contributed by atoms with Crippen LogP contribution in [0.25, 0.3) is 0 Å². The van der Waals surface area contributed by atoms with Crippen molar-refractivity contribution in [3.8, 4) is 11.5 Å². The van der Waals surface area contributed by atoms with Crippen molar-refractivity contribution in [2.45, 2.75) is 117 Å². The molecule has 0 atom stereocenters. The average Bonchev–Trinajstić information content (AvgIpc) is 2.73. The average molecular weight is 465 g/mol. The maximum absolute atomic E-state index is 10.3. The van der Waals surface area contributed by atoms with Crippen LogP contribution in [0.3, 0.4) is 0 Å². The Bertz CT molecular complexity index is 534. The van der Waals surface area contributed by atoms with E-state index >= 15 is 0 Å². The molecular formula is C26H48CaO4. The Hall–Kier alpha value is -0.450. The molecule has 0 spiro atoms. The monoisotopic (exact) mass is 464 g/mol. The molecule has 0 aliphatic rings. The van der Waals surface area contributed by atoms with Gasteiger partial charge in [-0.1, -0.05) is 103 Å². The molecule has 0 aromatic heterocycles. The van der Waals surface area contributed by atoms with E-state index in [4.69, 9.17) is 14.9 Å². The predicted octanol–water partition coefficient (Wildman–Crippen LogP) is 7.13. The van der Waals surface area contributed by atoms with Crippen molar-refractivity contribution in [1.82, 2.24) is 0 Å². The van der Waals surface area contributed by atoms with Crippen LogP contribution in [0.15, 0.2) is 18.2 Å². The van der Waals surface area contributed by atoms with Gasteiger partial charge in [0.1, 0.15) is 0 Å². The Labute approximate surface area is 221 Å². The summed E-state index contributed by atoms with van der Waals surface area (Å²) in [5, 5.41) is 17.6. The van der Waals surface area contributed by atoms with Gasteiger partial charge in [-0.3, -0.25) is 4.79 Å². The number of hydrogen-bond acceptors (Lipinski definition) is 3. The quantitative estimate of drug-likeness (QED) is 0.190. The molecule has 0 aliphatic heterocycles. The molecule has 1 rings (SSSR count). The number of aliphatic carboxylic acids is 1. The Kier molecular flexibility index (Phi) is 25.5. The van der Waals surface area contributed by atoms with Gasteiger partial charge in [0.2, 0.25) is 0 Å². The third-order valence-electron chi connectivity index (χ3n) is 5.33. The molecule has 178 valence electrons. The fourth-order valence-electron chi connectivity index (χ4n) is 3.43. The van der Waals surface area contributed by atoms with Gasteiger partial charge >= 0.3 is 43.7 Å². The van der Waals surface area contributed by atoms with Crippen LogP contribution in [0, 0.1) is 6.92 Å². The maximum atomic E-state index is 10.3. The van der Waals surface area contributed by atoms with Crippen molar-refractivity contribution in [2.24, 2.45) is 0 Å². The zero-order valence-corrected chi connectivity index (χ0v) is 19.8. The zero-order valence-electron chi connectivity index (χ0n) is 19.8. The first-order valence-electron chi connectivity index (χ1n) is 12.1. The molecule has 0 fully saturated rings. The van der Waals surface area contributed by atoms with E-state index in [0.29, 0.717) is 12.2 Å². The van der Waals surface area contributed by atoms with Crippen LogP contribution in [0.4, 0.5) is 0 Å². The Balaban J connectivity index is 0. The molecule has 31 heavy (non-hydrogen) atoms. The summed E-state index contributed by atoms with van der Waals surface area (Å²) in [5.41, 5.74) is 1.08. The van der Waals surface area contributed by atoms with E-state index in [1.165, 1.54) is 90.6 Å². The van der Waals surface area contributed by atoms with Gasteiger partial charge in [-0.2, -0.15) is 0 Å². The van der Waals surface area contributed by atoms with Crippen LogP contribution in [-0.4, -0.2) is 61.0 Å². The number of phenols is 1. The Morgan fingerprint density at radius 3 is 1.58 bits per heavy atom. The standard InChI is InChI=1S/C18H36O2.C8H10O2.Ca.2H/c1-2-3-4-5-6-7-8-9-10-11-12-13-14-15-16-17-18(19)20;1-6-3-4-7(9)8(5-6)10-2;;;/h2-17H2,1H3,(H,19,20);3-5,9H,1-2H3;;;. The van der Waals surface area contributed by atoms with Gasteiger partial charge in [-0.25, -0.2) is 0 Å². The summed E-state index contributed by atoms with van der Waals surface area (Å²) < 4.78 is 4.88. The normalized spacial score (nSPS) is 10.0. The van der Waals surface area contributed by atoms with Gasteiger partial charge in [-0.15, -0.1) is 0 Å². The predicted molar refractivity (Wildman–Crippen MR) is 135 cm³/mol. The van der Waals surface area contributed by atoms with Crippen LogP contribution >= 0.6 is 0 Å². The number of benzene rings is 1. The van der Waals surface area contributed by atoms with E-state index in [1.807, 2.05) is 13.0 Å². The van der Waals surface area contributed by atoms with Crippen molar-refractivity contribution < 1.29 is 19.7 Å². The minimum atomic E-state index is -0.653. The number of aromatic hydroxyl groups is 1. The molecule has 0 bridgehead atoms. The van der Waals surface area contributed by atoms with Crippen molar-refractivity contribution >= 4 is 43.7 Å². The van der Waals surface area contributed by atoms with Gasteiger partial charge in [0, 0.05) is 6.42 Å². The number of phenolic OH excluding ortho intramolecular Hbond substituents is 1. The minimum absolute atomic E-state index is 0. The molecule has 0 heterocycles. The second kappa shape index (κ2) is 24.2. The van der Waals surface area contributed by atoms with E-state index in [2.05, 4.69) is 6.92 Å². The number of aryl methyl sites for hydroxylation is 1. The number of ether oxygens (including phenoxy) is 1.